The number of alkyl halides is 4. The topological polar surface area (TPSA) is 297 Å². The summed E-state index contributed by atoms with van der Waals surface area (Å²) in [5, 5.41) is 20.5. The van der Waals surface area contributed by atoms with Gasteiger partial charge in [-0.25, -0.2) is 0 Å². The monoisotopic (exact) mass is 1380 g/mol. The molecule has 1 saturated heterocycles. The van der Waals surface area contributed by atoms with Gasteiger partial charge in [-0.1, -0.05) is 61.8 Å². The average molecular weight is 1380 g/mol. The molecule has 11 amide bonds. The van der Waals surface area contributed by atoms with Crippen LogP contribution in [0, 0.1) is 35.5 Å². The van der Waals surface area contributed by atoms with Gasteiger partial charge in [0.2, 0.25) is 65.0 Å². The lowest BCUT2D eigenvalue weighted by Crippen LogP contribution is -2.63. The maximum absolute atomic E-state index is 15.1. The molecule has 546 valence electrons. The van der Waals surface area contributed by atoms with Crippen molar-refractivity contribution in [3.8, 4) is 0 Å². The standard InChI is InChI=1S/C66H115ClF3N11O14/c1-21-42(9)56-62(91)76(16)34-54(84)75(15)35-55(85)78(18)51(37-94-28-27-39(3)4)61(90)81(22-2)33-52(82)72-47(26-24-44-23-25-45(46(67)32-44)66(68,69)70)60(89)79(19)50(36-95-38-64(11,12)93)59(88)74-65(13,14)63(92)80(20)49(30-41(7)8)57(86)71-43(10)31-53(83)77(17)48(29-40(5)6)58(87)73-56/h39-51,56,93H,21-38H2,1-20H3,(H,71,86)(H,72,82)(H,73,87)(H,74,88)/t42-,43+,44?,45?,46?,47-,48-,49-,50-,51-,56-/m0/s1. The van der Waals surface area contributed by atoms with E-state index in [1.807, 2.05) is 48.5 Å². The van der Waals surface area contributed by atoms with Gasteiger partial charge in [-0.2, -0.15) is 13.2 Å². The van der Waals surface area contributed by atoms with E-state index in [0.717, 1.165) is 24.5 Å². The van der Waals surface area contributed by atoms with Crippen molar-refractivity contribution in [2.24, 2.45) is 35.5 Å². The van der Waals surface area contributed by atoms with Gasteiger partial charge in [0.1, 0.15) is 41.8 Å². The highest BCUT2D eigenvalue weighted by Gasteiger charge is 2.48. The van der Waals surface area contributed by atoms with Gasteiger partial charge >= 0.3 is 6.18 Å². The third-order valence-electron chi connectivity index (χ3n) is 17.7. The van der Waals surface area contributed by atoms with Crippen LogP contribution in [-0.4, -0.2) is 264 Å². The zero-order valence-electron chi connectivity index (χ0n) is 60.2. The van der Waals surface area contributed by atoms with E-state index in [1.165, 1.54) is 79.8 Å². The lowest BCUT2D eigenvalue weighted by Gasteiger charge is -2.38. The van der Waals surface area contributed by atoms with E-state index < -0.39 is 174 Å². The van der Waals surface area contributed by atoms with Crippen molar-refractivity contribution in [3.63, 3.8) is 0 Å². The summed E-state index contributed by atoms with van der Waals surface area (Å²) in [6, 6.07) is -8.80. The van der Waals surface area contributed by atoms with Crippen LogP contribution >= 0.6 is 11.6 Å². The summed E-state index contributed by atoms with van der Waals surface area (Å²) in [6.07, 6.45) is -3.93. The summed E-state index contributed by atoms with van der Waals surface area (Å²) < 4.78 is 53.7. The highest BCUT2D eigenvalue weighted by Crippen LogP contribution is 2.43. The number of likely N-dealkylation sites (N-methyl/N-ethyl adjacent to an activating group) is 7. The maximum Gasteiger partial charge on any atom is 0.393 e. The molecule has 3 unspecified atom stereocenters. The second-order valence-corrected chi connectivity index (χ2v) is 29.3. The second kappa shape index (κ2) is 38.3. The van der Waals surface area contributed by atoms with Crippen molar-refractivity contribution >= 4 is 76.6 Å². The Kier molecular flexibility index (Phi) is 34.4. The van der Waals surface area contributed by atoms with Crippen LogP contribution in [0.1, 0.15) is 161 Å². The Balaban J connectivity index is 2.93. The smallest absolute Gasteiger partial charge is 0.388 e. The normalized spacial score (nSPS) is 26.7. The third-order valence-corrected chi connectivity index (χ3v) is 18.2. The molecule has 1 aliphatic heterocycles. The Morgan fingerprint density at radius 3 is 1.71 bits per heavy atom. The minimum absolute atomic E-state index is 0.0654. The molecule has 2 fully saturated rings. The predicted octanol–water partition coefficient (Wildman–Crippen LogP) is 4.19. The fourth-order valence-corrected chi connectivity index (χ4v) is 11.9. The summed E-state index contributed by atoms with van der Waals surface area (Å²) >= 11 is 6.35. The Morgan fingerprint density at radius 2 is 1.18 bits per heavy atom. The molecular formula is C66H115ClF3N11O14. The molecule has 0 aromatic rings. The number of nitrogens with zero attached hydrogens (tertiary/aromatic N) is 7. The van der Waals surface area contributed by atoms with Crippen LogP contribution in [0.5, 0.6) is 0 Å². The summed E-state index contributed by atoms with van der Waals surface area (Å²) in [4.78, 5) is 167. The molecule has 2 aliphatic rings. The quantitative estimate of drug-likeness (QED) is 0.0896. The molecule has 0 aromatic carbocycles. The number of amides is 11. The molecule has 25 nitrogen and oxygen atoms in total. The van der Waals surface area contributed by atoms with E-state index in [4.69, 9.17) is 21.1 Å². The van der Waals surface area contributed by atoms with Gasteiger partial charge in [-0.3, -0.25) is 52.7 Å². The van der Waals surface area contributed by atoms with Crippen molar-refractivity contribution in [2.45, 2.75) is 226 Å². The molecule has 95 heavy (non-hydrogen) atoms. The number of hydrogen-bond acceptors (Lipinski definition) is 14. The molecule has 0 aromatic heterocycles. The van der Waals surface area contributed by atoms with Gasteiger partial charge in [0.25, 0.3) is 0 Å². The summed E-state index contributed by atoms with van der Waals surface area (Å²) in [5.41, 5.74) is -3.27. The van der Waals surface area contributed by atoms with Gasteiger partial charge in [0.15, 0.2) is 0 Å². The van der Waals surface area contributed by atoms with E-state index in [2.05, 4.69) is 21.3 Å². The van der Waals surface area contributed by atoms with Gasteiger partial charge in [-0.15, -0.1) is 11.6 Å². The summed E-state index contributed by atoms with van der Waals surface area (Å²) in [7, 11) is 8.11. The second-order valence-electron chi connectivity index (χ2n) is 28.7. The molecule has 5 N–H and O–H groups in total. The number of hydrogen-bond donors (Lipinski definition) is 5. The summed E-state index contributed by atoms with van der Waals surface area (Å²) in [6.45, 7) is 20.7. The highest BCUT2D eigenvalue weighted by atomic mass is 35.5. The first-order valence-electron chi connectivity index (χ1n) is 33.4. The van der Waals surface area contributed by atoms with Crippen molar-refractivity contribution in [2.75, 3.05) is 94.9 Å². The van der Waals surface area contributed by atoms with Crippen molar-refractivity contribution < 1.29 is 80.5 Å². The largest absolute Gasteiger partial charge is 0.393 e. The first kappa shape index (κ1) is 85.2. The lowest BCUT2D eigenvalue weighted by molar-refractivity contribution is -0.182. The predicted molar refractivity (Wildman–Crippen MR) is 354 cm³/mol. The lowest BCUT2D eigenvalue weighted by atomic mass is 9.78. The van der Waals surface area contributed by atoms with Crippen molar-refractivity contribution in [1.82, 2.24) is 55.6 Å². The number of halogens is 4. The summed E-state index contributed by atoms with van der Waals surface area (Å²) in [5.74, 6) is -10.9. The van der Waals surface area contributed by atoms with E-state index in [9.17, 15) is 66.2 Å². The van der Waals surface area contributed by atoms with Crippen molar-refractivity contribution in [3.05, 3.63) is 0 Å². The molecule has 11 atom stereocenters. The van der Waals surface area contributed by atoms with E-state index in [-0.39, 0.29) is 95.5 Å². The minimum Gasteiger partial charge on any atom is -0.388 e. The molecule has 0 radical (unpaired) electrons. The number of carbonyl (C=O) groups excluding carboxylic acids is 11. The number of rotatable bonds is 19. The molecule has 1 aliphatic carbocycles. The SMILES string of the molecule is CC[C@H](C)[C@@H]1NC(=O)[C@H](CC(C)C)N(C)C(=O)C[C@@H](C)NC(=O)[C@H](CC(C)C)N(C)C(=O)C(C)(C)NC(=O)[C@H](COCC(C)(C)O)N(C)C(=O)[C@H](CCC2CCC(C(F)(F)F)C(Cl)C2)NC(=O)CN(CC)C(=O)[C@H](COCCC(C)C)N(C)C(=O)CN(C)C(=O)CN(C)C1=O. The fourth-order valence-electron chi connectivity index (χ4n) is 11.4. The Morgan fingerprint density at radius 1 is 0.632 bits per heavy atom. The van der Waals surface area contributed by atoms with Crippen LogP contribution in [0.3, 0.4) is 0 Å². The molecule has 2 rings (SSSR count). The molecule has 0 spiro atoms. The Labute approximate surface area is 567 Å². The number of aliphatic hydroxyl groups is 1. The molecule has 1 saturated carbocycles. The number of ether oxygens (including phenoxy) is 2. The first-order chi connectivity index (χ1) is 43.8. The molecular weight excluding hydrogens is 1260 g/mol. The fraction of sp³-hybridized carbons (Fsp3) is 0.833. The van der Waals surface area contributed by atoms with Crippen LogP contribution in [0.25, 0.3) is 0 Å². The Hall–Kier alpha value is -5.87. The van der Waals surface area contributed by atoms with Crippen LogP contribution in [0.15, 0.2) is 0 Å². The maximum atomic E-state index is 15.1. The third kappa shape index (κ3) is 27.2. The van der Waals surface area contributed by atoms with Crippen molar-refractivity contribution in [1.29, 1.82) is 0 Å². The highest BCUT2D eigenvalue weighted by molar-refractivity contribution is 6.20. The van der Waals surface area contributed by atoms with Gasteiger partial charge < -0.3 is 70.1 Å². The van der Waals surface area contributed by atoms with Gasteiger partial charge in [0, 0.05) is 73.3 Å². The zero-order valence-corrected chi connectivity index (χ0v) is 61.0. The number of nitrogens with one attached hydrogen (secondary N) is 4. The van der Waals surface area contributed by atoms with Crippen LogP contribution in [0.2, 0.25) is 0 Å². The van der Waals surface area contributed by atoms with E-state index >= 15 is 4.79 Å². The average Bonchev–Trinajstić information content (AvgIpc) is 0.832. The molecule has 29 heteroatoms. The van der Waals surface area contributed by atoms with Crippen LogP contribution in [0.4, 0.5) is 13.2 Å². The molecule has 0 bridgehead atoms. The van der Waals surface area contributed by atoms with E-state index in [0.29, 0.717) is 12.8 Å². The van der Waals surface area contributed by atoms with Crippen LogP contribution in [-0.2, 0) is 62.2 Å². The van der Waals surface area contributed by atoms with Crippen LogP contribution < -0.4 is 21.3 Å². The number of carbonyl (C=O) groups is 11. The molecule has 1 heterocycles. The first-order valence-corrected chi connectivity index (χ1v) is 33.9. The van der Waals surface area contributed by atoms with E-state index in [1.54, 1.807) is 20.8 Å². The van der Waals surface area contributed by atoms with Gasteiger partial charge in [0.05, 0.1) is 51.0 Å². The Bertz CT molecular complexity index is 2590. The van der Waals surface area contributed by atoms with Gasteiger partial charge in [-0.05, 0) is 122 Å². The minimum atomic E-state index is -4.55. The zero-order chi connectivity index (χ0) is 72.9.